The number of anilines is 1. The maximum absolute atomic E-state index is 12.4. The summed E-state index contributed by atoms with van der Waals surface area (Å²) in [6.07, 6.45) is 0.791. The third-order valence-electron chi connectivity index (χ3n) is 4.90. The van der Waals surface area contributed by atoms with Crippen LogP contribution in [-0.4, -0.2) is 30.8 Å². The van der Waals surface area contributed by atoms with Crippen molar-refractivity contribution in [2.24, 2.45) is 0 Å². The Labute approximate surface area is 167 Å². The monoisotopic (exact) mass is 389 g/mol. The van der Waals surface area contributed by atoms with Gasteiger partial charge in [-0.15, -0.1) is 0 Å². The highest BCUT2D eigenvalue weighted by Gasteiger charge is 2.25. The minimum atomic E-state index is -0.697. The van der Waals surface area contributed by atoms with Crippen molar-refractivity contribution in [2.45, 2.75) is 13.3 Å². The minimum absolute atomic E-state index is 0.0188. The normalized spacial score (nSPS) is 12.5. The number of rotatable bonds is 5. The third kappa shape index (κ3) is 3.82. The van der Waals surface area contributed by atoms with Gasteiger partial charge in [0.1, 0.15) is 5.76 Å². The summed E-state index contributed by atoms with van der Waals surface area (Å²) in [4.78, 5) is 37.7. The number of amides is 1. The molecule has 1 aromatic heterocycles. The summed E-state index contributed by atoms with van der Waals surface area (Å²) in [6, 6.07) is 17.7. The molecule has 0 saturated carbocycles. The van der Waals surface area contributed by atoms with Gasteiger partial charge >= 0.3 is 5.97 Å². The predicted octanol–water partition coefficient (Wildman–Crippen LogP) is 3.90. The van der Waals surface area contributed by atoms with Gasteiger partial charge in [-0.2, -0.15) is 0 Å². The molecule has 29 heavy (non-hydrogen) atoms. The van der Waals surface area contributed by atoms with Crippen LogP contribution in [0.1, 0.15) is 33.4 Å². The zero-order valence-electron chi connectivity index (χ0n) is 15.9. The molecule has 1 aliphatic heterocycles. The Morgan fingerprint density at radius 1 is 1.00 bits per heavy atom. The Morgan fingerprint density at radius 3 is 2.52 bits per heavy atom. The second-order valence-corrected chi connectivity index (χ2v) is 6.80. The van der Waals surface area contributed by atoms with E-state index < -0.39 is 5.97 Å². The van der Waals surface area contributed by atoms with Crippen LogP contribution in [0, 0.1) is 0 Å². The fraction of sp³-hybridized carbons (Fsp3) is 0.174. The molecule has 2 aromatic carbocycles. The Bertz CT molecular complexity index is 1080. The van der Waals surface area contributed by atoms with E-state index in [2.05, 4.69) is 0 Å². The first-order valence-electron chi connectivity index (χ1n) is 9.29. The van der Waals surface area contributed by atoms with Crippen molar-refractivity contribution < 1.29 is 23.5 Å². The summed E-state index contributed by atoms with van der Waals surface area (Å²) in [5.74, 6) is -0.491. The van der Waals surface area contributed by atoms with Crippen LogP contribution in [0.15, 0.2) is 65.1 Å². The molecule has 4 rings (SSSR count). The molecule has 0 unspecified atom stereocenters. The van der Waals surface area contributed by atoms with Gasteiger partial charge in [-0.3, -0.25) is 9.59 Å². The number of benzene rings is 2. The molecule has 1 aliphatic rings. The highest BCUT2D eigenvalue weighted by Crippen LogP contribution is 2.27. The molecule has 1 amide bonds. The summed E-state index contributed by atoms with van der Waals surface area (Å²) < 4.78 is 10.7. The fourth-order valence-electron chi connectivity index (χ4n) is 3.35. The first-order chi connectivity index (χ1) is 14.0. The smallest absolute Gasteiger partial charge is 0.374 e. The predicted molar refractivity (Wildman–Crippen MR) is 107 cm³/mol. The number of nitrogens with zero attached hydrogens (tertiary/aromatic N) is 1. The molecule has 6 heteroatoms. The Kier molecular flexibility index (Phi) is 4.99. The van der Waals surface area contributed by atoms with Crippen LogP contribution in [-0.2, 0) is 16.0 Å². The van der Waals surface area contributed by atoms with Crippen molar-refractivity contribution in [1.82, 2.24) is 0 Å². The summed E-state index contributed by atoms with van der Waals surface area (Å²) in [7, 11) is 0. The van der Waals surface area contributed by atoms with E-state index in [4.69, 9.17) is 9.15 Å². The zero-order chi connectivity index (χ0) is 20.4. The van der Waals surface area contributed by atoms with Gasteiger partial charge in [0.05, 0.1) is 0 Å². The quantitative estimate of drug-likeness (QED) is 0.489. The van der Waals surface area contributed by atoms with Gasteiger partial charge in [0.15, 0.2) is 12.4 Å². The van der Waals surface area contributed by atoms with Gasteiger partial charge in [0.25, 0.3) is 5.91 Å². The van der Waals surface area contributed by atoms with Gasteiger partial charge in [0, 0.05) is 23.4 Å². The van der Waals surface area contributed by atoms with E-state index in [0.29, 0.717) is 17.9 Å². The van der Waals surface area contributed by atoms with Crippen LogP contribution < -0.4 is 4.90 Å². The Morgan fingerprint density at radius 2 is 1.76 bits per heavy atom. The summed E-state index contributed by atoms with van der Waals surface area (Å²) in [6.45, 7) is 1.73. The molecule has 2 heterocycles. The average molecular weight is 389 g/mol. The van der Waals surface area contributed by atoms with Crippen molar-refractivity contribution in [3.63, 3.8) is 0 Å². The molecule has 0 radical (unpaired) electrons. The number of furan rings is 1. The summed E-state index contributed by atoms with van der Waals surface area (Å²) in [5.41, 5.74) is 3.31. The highest BCUT2D eigenvalue weighted by molar-refractivity contribution is 5.98. The number of ketones is 1. The Balaban J connectivity index is 1.38. The third-order valence-corrected chi connectivity index (χ3v) is 4.90. The van der Waals surface area contributed by atoms with Gasteiger partial charge in [-0.1, -0.05) is 42.5 Å². The van der Waals surface area contributed by atoms with E-state index in [9.17, 15) is 14.4 Å². The van der Waals surface area contributed by atoms with Crippen LogP contribution in [0.3, 0.4) is 0 Å². The van der Waals surface area contributed by atoms with E-state index >= 15 is 0 Å². The van der Waals surface area contributed by atoms with Crippen LogP contribution in [0.4, 0.5) is 5.69 Å². The van der Waals surface area contributed by atoms with Crippen molar-refractivity contribution in [3.8, 4) is 11.3 Å². The second kappa shape index (κ2) is 7.75. The molecule has 3 aromatic rings. The first kappa shape index (κ1) is 18.7. The number of hydrogen-bond acceptors (Lipinski definition) is 5. The summed E-state index contributed by atoms with van der Waals surface area (Å²) >= 11 is 0. The van der Waals surface area contributed by atoms with Crippen LogP contribution in [0.25, 0.3) is 11.3 Å². The topological polar surface area (TPSA) is 76.8 Å². The molecule has 0 spiro atoms. The molecule has 0 fully saturated rings. The van der Waals surface area contributed by atoms with Crippen molar-refractivity contribution >= 4 is 23.3 Å². The van der Waals surface area contributed by atoms with Crippen molar-refractivity contribution in [2.75, 3.05) is 18.1 Å². The van der Waals surface area contributed by atoms with Crippen LogP contribution in [0.5, 0.6) is 0 Å². The van der Waals surface area contributed by atoms with Crippen LogP contribution in [0.2, 0.25) is 0 Å². The number of Topliss-reactive ketones (excluding diaryl/α,β-unsaturated/α-hetero) is 1. The molecule has 6 nitrogen and oxygen atoms in total. The molecule has 146 valence electrons. The van der Waals surface area contributed by atoms with E-state index in [1.807, 2.05) is 24.3 Å². The largest absolute Gasteiger partial charge is 0.450 e. The number of hydrogen-bond donors (Lipinski definition) is 0. The zero-order valence-corrected chi connectivity index (χ0v) is 15.9. The standard InChI is InChI=1S/C23H19NO5/c1-15(25)16-6-8-18(9-7-16)20-10-11-21(29-20)23(27)28-14-22(26)24-13-12-17-4-2-3-5-19(17)24/h2-11H,12-14H2,1H3. The maximum atomic E-state index is 12.4. The lowest BCUT2D eigenvalue weighted by atomic mass is 10.1. The number of esters is 1. The number of para-hydroxylation sites is 1. The van der Waals surface area contributed by atoms with E-state index in [1.165, 1.54) is 13.0 Å². The van der Waals surface area contributed by atoms with Gasteiger partial charge in [-0.05, 0) is 37.1 Å². The minimum Gasteiger partial charge on any atom is -0.450 e. The molecule has 0 N–H and O–H groups in total. The molecule has 0 bridgehead atoms. The molecular weight excluding hydrogens is 370 g/mol. The number of fused-ring (bicyclic) bond motifs is 1. The lowest BCUT2D eigenvalue weighted by Crippen LogP contribution is -2.33. The second-order valence-electron chi connectivity index (χ2n) is 6.80. The van der Waals surface area contributed by atoms with Crippen molar-refractivity contribution in [3.05, 3.63) is 77.6 Å². The number of carbonyl (C=O) groups is 3. The van der Waals surface area contributed by atoms with E-state index in [1.54, 1.807) is 35.2 Å². The fourth-order valence-corrected chi connectivity index (χ4v) is 3.35. The lowest BCUT2D eigenvalue weighted by molar-refractivity contribution is -0.121. The summed E-state index contributed by atoms with van der Waals surface area (Å²) in [5, 5.41) is 0. The number of carbonyl (C=O) groups excluding carboxylic acids is 3. The maximum Gasteiger partial charge on any atom is 0.374 e. The SMILES string of the molecule is CC(=O)c1ccc(-c2ccc(C(=O)OCC(=O)N3CCc4ccccc43)o2)cc1. The molecular formula is C23H19NO5. The average Bonchev–Trinajstić information content (AvgIpc) is 3.39. The molecule has 0 atom stereocenters. The van der Waals surface area contributed by atoms with Crippen LogP contribution >= 0.6 is 0 Å². The molecule has 0 saturated heterocycles. The van der Waals surface area contributed by atoms with E-state index in [0.717, 1.165) is 23.2 Å². The first-order valence-corrected chi connectivity index (χ1v) is 9.29. The van der Waals surface area contributed by atoms with Gasteiger partial charge in [0.2, 0.25) is 5.76 Å². The lowest BCUT2D eigenvalue weighted by Gasteiger charge is -2.16. The number of ether oxygens (including phenoxy) is 1. The van der Waals surface area contributed by atoms with Gasteiger partial charge in [-0.25, -0.2) is 4.79 Å². The van der Waals surface area contributed by atoms with Gasteiger partial charge < -0.3 is 14.1 Å². The van der Waals surface area contributed by atoms with Crippen molar-refractivity contribution in [1.29, 1.82) is 0 Å². The Hall–Kier alpha value is -3.67. The highest BCUT2D eigenvalue weighted by atomic mass is 16.5. The molecule has 0 aliphatic carbocycles. The van der Waals surface area contributed by atoms with E-state index in [-0.39, 0.29) is 24.1 Å².